The van der Waals surface area contributed by atoms with E-state index in [1.807, 2.05) is 12.1 Å². The van der Waals surface area contributed by atoms with E-state index in [1.54, 1.807) is 6.26 Å². The Morgan fingerprint density at radius 3 is 2.68 bits per heavy atom. The van der Waals surface area contributed by atoms with Crippen molar-refractivity contribution in [3.63, 3.8) is 0 Å². The second-order valence-corrected chi connectivity index (χ2v) is 6.48. The van der Waals surface area contributed by atoms with Gasteiger partial charge in [-0.15, -0.1) is 0 Å². The molecule has 1 fully saturated rings. The molecule has 1 aliphatic heterocycles. The van der Waals surface area contributed by atoms with Crippen molar-refractivity contribution in [2.45, 2.75) is 39.4 Å². The molecule has 0 saturated carbocycles. The summed E-state index contributed by atoms with van der Waals surface area (Å²) in [5.74, 6) is 1.83. The maximum atomic E-state index is 5.32. The van der Waals surface area contributed by atoms with Gasteiger partial charge < -0.3 is 9.73 Å². The van der Waals surface area contributed by atoms with Crippen LogP contribution in [0.15, 0.2) is 47.1 Å². The van der Waals surface area contributed by atoms with E-state index in [1.165, 1.54) is 37.1 Å². The molecule has 2 aromatic rings. The van der Waals surface area contributed by atoms with Crippen molar-refractivity contribution in [1.82, 2.24) is 10.2 Å². The Hall–Kier alpha value is -1.58. The molecular weight excluding hydrogens is 272 g/mol. The highest BCUT2D eigenvalue weighted by Gasteiger charge is 2.15. The van der Waals surface area contributed by atoms with Gasteiger partial charge >= 0.3 is 0 Å². The maximum absolute atomic E-state index is 5.32. The van der Waals surface area contributed by atoms with Gasteiger partial charge in [-0.2, -0.15) is 0 Å². The number of nitrogens with one attached hydrogen (secondary N) is 1. The van der Waals surface area contributed by atoms with Crippen LogP contribution in [0.2, 0.25) is 0 Å². The molecule has 3 nitrogen and oxygen atoms in total. The molecule has 1 saturated heterocycles. The lowest BCUT2D eigenvalue weighted by Crippen LogP contribution is -2.33. The molecule has 1 aromatic carbocycles. The van der Waals surface area contributed by atoms with Crippen LogP contribution >= 0.6 is 0 Å². The molecule has 22 heavy (non-hydrogen) atoms. The third kappa shape index (κ3) is 4.46. The van der Waals surface area contributed by atoms with Crippen molar-refractivity contribution in [3.8, 4) is 0 Å². The van der Waals surface area contributed by atoms with Gasteiger partial charge in [0.25, 0.3) is 0 Å². The summed E-state index contributed by atoms with van der Waals surface area (Å²) in [5.41, 5.74) is 2.74. The number of piperidine rings is 1. The first kappa shape index (κ1) is 15.3. The zero-order chi connectivity index (χ0) is 15.2. The number of furan rings is 1. The monoisotopic (exact) mass is 298 g/mol. The smallest absolute Gasteiger partial charge is 0.117 e. The molecule has 1 aromatic heterocycles. The lowest BCUT2D eigenvalue weighted by molar-refractivity contribution is 0.176. The van der Waals surface area contributed by atoms with Crippen molar-refractivity contribution >= 4 is 0 Å². The molecule has 1 aliphatic rings. The molecule has 0 bridgehead atoms. The van der Waals surface area contributed by atoms with E-state index < -0.39 is 0 Å². The standard InChI is InChI=1S/C19H26N2O/c1-16-4-2-10-21(14-16)15-18-8-6-17(7-9-18)12-20-13-19-5-3-11-22-19/h3,5-9,11,16,20H,2,4,10,12-15H2,1H3. The maximum Gasteiger partial charge on any atom is 0.117 e. The van der Waals surface area contributed by atoms with E-state index in [4.69, 9.17) is 4.42 Å². The molecule has 2 heterocycles. The molecule has 1 unspecified atom stereocenters. The molecule has 0 spiro atoms. The lowest BCUT2D eigenvalue weighted by atomic mass is 9.99. The summed E-state index contributed by atoms with van der Waals surface area (Å²) in [6, 6.07) is 12.9. The predicted molar refractivity (Wildman–Crippen MR) is 89.4 cm³/mol. The molecule has 118 valence electrons. The highest BCUT2D eigenvalue weighted by molar-refractivity contribution is 5.22. The second kappa shape index (κ2) is 7.61. The normalized spacial score (nSPS) is 19.4. The summed E-state index contributed by atoms with van der Waals surface area (Å²) in [6.45, 7) is 7.59. The number of hydrogen-bond donors (Lipinski definition) is 1. The minimum atomic E-state index is 0.778. The number of likely N-dealkylation sites (tertiary alicyclic amines) is 1. The summed E-state index contributed by atoms with van der Waals surface area (Å²) >= 11 is 0. The minimum Gasteiger partial charge on any atom is -0.468 e. The third-order valence-electron chi connectivity index (χ3n) is 4.38. The number of hydrogen-bond acceptors (Lipinski definition) is 3. The summed E-state index contributed by atoms with van der Waals surface area (Å²) in [5, 5.41) is 3.41. The Morgan fingerprint density at radius 2 is 1.95 bits per heavy atom. The summed E-state index contributed by atoms with van der Waals surface area (Å²) in [6.07, 6.45) is 4.44. The van der Waals surface area contributed by atoms with Crippen LogP contribution in [-0.4, -0.2) is 18.0 Å². The average molecular weight is 298 g/mol. The second-order valence-electron chi connectivity index (χ2n) is 6.48. The van der Waals surface area contributed by atoms with Crippen LogP contribution in [0.25, 0.3) is 0 Å². The Labute approximate surface area is 133 Å². The topological polar surface area (TPSA) is 28.4 Å². The summed E-state index contributed by atoms with van der Waals surface area (Å²) in [7, 11) is 0. The average Bonchev–Trinajstić information content (AvgIpc) is 3.02. The summed E-state index contributed by atoms with van der Waals surface area (Å²) < 4.78 is 5.32. The van der Waals surface area contributed by atoms with E-state index in [0.29, 0.717) is 0 Å². The zero-order valence-electron chi connectivity index (χ0n) is 13.4. The van der Waals surface area contributed by atoms with Gasteiger partial charge in [-0.3, -0.25) is 4.90 Å². The van der Waals surface area contributed by atoms with E-state index in [0.717, 1.165) is 31.3 Å². The van der Waals surface area contributed by atoms with Crippen LogP contribution in [0.3, 0.4) is 0 Å². The first-order chi connectivity index (χ1) is 10.8. The van der Waals surface area contributed by atoms with E-state index in [2.05, 4.69) is 41.4 Å². The lowest BCUT2D eigenvalue weighted by Gasteiger charge is -2.30. The van der Waals surface area contributed by atoms with E-state index in [-0.39, 0.29) is 0 Å². The molecule has 3 heteroatoms. The number of rotatable bonds is 6. The first-order valence-electron chi connectivity index (χ1n) is 8.33. The van der Waals surface area contributed by atoms with Crippen LogP contribution in [-0.2, 0) is 19.6 Å². The zero-order valence-corrected chi connectivity index (χ0v) is 13.4. The quantitative estimate of drug-likeness (QED) is 0.879. The Kier molecular flexibility index (Phi) is 5.30. The fraction of sp³-hybridized carbons (Fsp3) is 0.474. The Morgan fingerprint density at radius 1 is 1.14 bits per heavy atom. The van der Waals surface area contributed by atoms with Crippen LogP contribution in [0, 0.1) is 5.92 Å². The van der Waals surface area contributed by atoms with Crippen LogP contribution < -0.4 is 5.32 Å². The van der Waals surface area contributed by atoms with Gasteiger partial charge in [0, 0.05) is 19.6 Å². The van der Waals surface area contributed by atoms with E-state index >= 15 is 0 Å². The van der Waals surface area contributed by atoms with Gasteiger partial charge in [0.1, 0.15) is 5.76 Å². The largest absolute Gasteiger partial charge is 0.468 e. The van der Waals surface area contributed by atoms with Crippen molar-refractivity contribution in [1.29, 1.82) is 0 Å². The van der Waals surface area contributed by atoms with E-state index in [9.17, 15) is 0 Å². The first-order valence-corrected chi connectivity index (χ1v) is 8.33. The number of nitrogens with zero attached hydrogens (tertiary/aromatic N) is 1. The van der Waals surface area contributed by atoms with Gasteiger partial charge in [0.15, 0.2) is 0 Å². The van der Waals surface area contributed by atoms with Crippen LogP contribution in [0.5, 0.6) is 0 Å². The molecular formula is C19H26N2O. The van der Waals surface area contributed by atoms with Gasteiger partial charge in [-0.1, -0.05) is 31.2 Å². The highest BCUT2D eigenvalue weighted by Crippen LogP contribution is 2.18. The molecule has 0 aliphatic carbocycles. The van der Waals surface area contributed by atoms with Crippen molar-refractivity contribution in [3.05, 3.63) is 59.5 Å². The van der Waals surface area contributed by atoms with Crippen molar-refractivity contribution in [2.75, 3.05) is 13.1 Å². The van der Waals surface area contributed by atoms with Crippen LogP contribution in [0.4, 0.5) is 0 Å². The Bertz CT molecular complexity index is 547. The summed E-state index contributed by atoms with van der Waals surface area (Å²) in [4.78, 5) is 2.58. The fourth-order valence-corrected chi connectivity index (χ4v) is 3.19. The fourth-order valence-electron chi connectivity index (χ4n) is 3.19. The molecule has 0 amide bonds. The minimum absolute atomic E-state index is 0.778. The SMILES string of the molecule is CC1CCCN(Cc2ccc(CNCc3ccco3)cc2)C1. The number of benzene rings is 1. The van der Waals surface area contributed by atoms with Crippen molar-refractivity contribution < 1.29 is 4.42 Å². The predicted octanol–water partition coefficient (Wildman–Crippen LogP) is 3.80. The van der Waals surface area contributed by atoms with Gasteiger partial charge in [-0.05, 0) is 48.6 Å². The van der Waals surface area contributed by atoms with Crippen LogP contribution in [0.1, 0.15) is 36.7 Å². The third-order valence-corrected chi connectivity index (χ3v) is 4.38. The van der Waals surface area contributed by atoms with Gasteiger partial charge in [0.05, 0.1) is 12.8 Å². The van der Waals surface area contributed by atoms with Gasteiger partial charge in [-0.25, -0.2) is 0 Å². The molecule has 0 radical (unpaired) electrons. The Balaban J connectivity index is 1.45. The van der Waals surface area contributed by atoms with Crippen molar-refractivity contribution in [2.24, 2.45) is 5.92 Å². The molecule has 3 rings (SSSR count). The highest BCUT2D eigenvalue weighted by atomic mass is 16.3. The van der Waals surface area contributed by atoms with Gasteiger partial charge in [0.2, 0.25) is 0 Å². The molecule has 1 atom stereocenters. The molecule has 1 N–H and O–H groups in total.